The Hall–Kier alpha value is -3.04. The summed E-state index contributed by atoms with van der Waals surface area (Å²) in [7, 11) is -3.56. The van der Waals surface area contributed by atoms with Crippen molar-refractivity contribution in [2.45, 2.75) is 56.3 Å². The second-order valence-corrected chi connectivity index (χ2v) is 10.8. The van der Waals surface area contributed by atoms with Gasteiger partial charge in [0.05, 0.1) is 4.90 Å². The first kappa shape index (κ1) is 22.7. The minimum atomic E-state index is -3.56. The van der Waals surface area contributed by atoms with E-state index in [1.165, 1.54) is 52.5 Å². The van der Waals surface area contributed by atoms with Crippen LogP contribution in [-0.4, -0.2) is 41.9 Å². The van der Waals surface area contributed by atoms with Gasteiger partial charge in [0.25, 0.3) is 5.91 Å². The molecule has 0 radical (unpaired) electrons. The molecule has 2 aromatic carbocycles. The molecule has 1 amide bonds. The van der Waals surface area contributed by atoms with Crippen LogP contribution in [0, 0.1) is 0 Å². The first-order valence-corrected chi connectivity index (χ1v) is 13.3. The summed E-state index contributed by atoms with van der Waals surface area (Å²) in [5, 5.41) is 10.6. The van der Waals surface area contributed by atoms with E-state index in [0.29, 0.717) is 24.5 Å². The third-order valence-corrected chi connectivity index (χ3v) is 8.47. The van der Waals surface area contributed by atoms with Gasteiger partial charge >= 0.3 is 6.01 Å². The van der Waals surface area contributed by atoms with Crippen molar-refractivity contribution in [3.63, 3.8) is 0 Å². The number of aryl methyl sites for hydroxylation is 2. The summed E-state index contributed by atoms with van der Waals surface area (Å²) < 4.78 is 33.1. The lowest BCUT2D eigenvalue weighted by molar-refractivity contribution is 0.102. The van der Waals surface area contributed by atoms with Gasteiger partial charge < -0.3 is 4.42 Å². The van der Waals surface area contributed by atoms with Crippen LogP contribution in [-0.2, 0) is 22.9 Å². The fraction of sp³-hybridized carbons (Fsp3) is 0.400. The monoisotopic (exact) mass is 480 g/mol. The number of fused-ring (bicyclic) bond motifs is 1. The molecule has 3 aromatic rings. The summed E-state index contributed by atoms with van der Waals surface area (Å²) in [6.07, 6.45) is 8.38. The van der Waals surface area contributed by atoms with Gasteiger partial charge in [0.2, 0.25) is 15.9 Å². The molecule has 1 aromatic heterocycles. The molecule has 0 spiro atoms. The maximum absolute atomic E-state index is 12.9. The average molecular weight is 481 g/mol. The van der Waals surface area contributed by atoms with Crippen molar-refractivity contribution < 1.29 is 17.6 Å². The molecule has 1 aliphatic carbocycles. The Bertz CT molecular complexity index is 1280. The summed E-state index contributed by atoms with van der Waals surface area (Å²) in [6.45, 7) is 1.07. The van der Waals surface area contributed by atoms with E-state index in [0.717, 1.165) is 44.1 Å². The zero-order chi connectivity index (χ0) is 23.5. The molecule has 1 N–H and O–H groups in total. The highest BCUT2D eigenvalue weighted by Crippen LogP contribution is 2.28. The van der Waals surface area contributed by atoms with Crippen molar-refractivity contribution in [3.8, 4) is 11.5 Å². The molecule has 1 fully saturated rings. The minimum absolute atomic E-state index is 0.000939. The molecule has 0 saturated carbocycles. The Morgan fingerprint density at radius 3 is 2.29 bits per heavy atom. The van der Waals surface area contributed by atoms with Crippen LogP contribution in [0.1, 0.15) is 60.0 Å². The number of hydrogen-bond donors (Lipinski definition) is 1. The van der Waals surface area contributed by atoms with Gasteiger partial charge in [0.15, 0.2) is 0 Å². The van der Waals surface area contributed by atoms with E-state index in [-0.39, 0.29) is 10.9 Å². The molecule has 5 rings (SSSR count). The summed E-state index contributed by atoms with van der Waals surface area (Å²) >= 11 is 0. The quantitative estimate of drug-likeness (QED) is 0.579. The Morgan fingerprint density at radius 2 is 1.56 bits per heavy atom. The molecular weight excluding hydrogens is 452 g/mol. The lowest BCUT2D eigenvalue weighted by Crippen LogP contribution is -2.31. The molecule has 2 aliphatic rings. The van der Waals surface area contributed by atoms with Crippen LogP contribution in [0.15, 0.2) is 51.8 Å². The summed E-state index contributed by atoms with van der Waals surface area (Å²) in [5.41, 5.74) is 3.81. The lowest BCUT2D eigenvalue weighted by Gasteiger charge is -2.19. The minimum Gasteiger partial charge on any atom is -0.403 e. The van der Waals surface area contributed by atoms with E-state index in [1.54, 1.807) is 0 Å². The first-order chi connectivity index (χ1) is 16.5. The number of carbonyl (C=O) groups excluding carboxylic acids is 1. The predicted octanol–water partition coefficient (Wildman–Crippen LogP) is 4.43. The van der Waals surface area contributed by atoms with Crippen molar-refractivity contribution in [2.24, 2.45) is 0 Å². The SMILES string of the molecule is O=C(Nc1nnc(-c2ccc3c(c2)CCCC3)o1)c1ccc(S(=O)(=O)N2CCCCCC2)cc1. The van der Waals surface area contributed by atoms with Crippen LogP contribution in [0.4, 0.5) is 6.01 Å². The topological polar surface area (TPSA) is 105 Å². The fourth-order valence-electron chi connectivity index (χ4n) is 4.64. The van der Waals surface area contributed by atoms with Gasteiger partial charge in [-0.05, 0) is 86.1 Å². The number of nitrogens with zero attached hydrogens (tertiary/aromatic N) is 3. The molecule has 34 heavy (non-hydrogen) atoms. The van der Waals surface area contributed by atoms with E-state index in [9.17, 15) is 13.2 Å². The third kappa shape index (κ3) is 4.76. The van der Waals surface area contributed by atoms with Gasteiger partial charge in [-0.25, -0.2) is 8.42 Å². The van der Waals surface area contributed by atoms with Crippen molar-refractivity contribution in [1.29, 1.82) is 0 Å². The van der Waals surface area contributed by atoms with Crippen LogP contribution in [0.2, 0.25) is 0 Å². The van der Waals surface area contributed by atoms with Gasteiger partial charge in [-0.3, -0.25) is 10.1 Å². The fourth-order valence-corrected chi connectivity index (χ4v) is 6.15. The summed E-state index contributed by atoms with van der Waals surface area (Å²) in [6, 6.07) is 12.1. The zero-order valence-corrected chi connectivity index (χ0v) is 19.8. The number of hydrogen-bond acceptors (Lipinski definition) is 6. The van der Waals surface area contributed by atoms with E-state index < -0.39 is 15.9 Å². The highest BCUT2D eigenvalue weighted by Gasteiger charge is 2.25. The van der Waals surface area contributed by atoms with E-state index in [4.69, 9.17) is 4.42 Å². The summed E-state index contributed by atoms with van der Waals surface area (Å²) in [5.74, 6) is -0.0954. The van der Waals surface area contributed by atoms with Gasteiger partial charge in [-0.1, -0.05) is 24.0 Å². The molecular formula is C25H28N4O4S. The Kier molecular flexibility index (Phi) is 6.47. The molecule has 178 valence electrons. The second-order valence-electron chi connectivity index (χ2n) is 8.90. The van der Waals surface area contributed by atoms with Gasteiger partial charge in [0, 0.05) is 24.2 Å². The predicted molar refractivity (Wildman–Crippen MR) is 128 cm³/mol. The normalized spacial score (nSPS) is 17.1. The first-order valence-electron chi connectivity index (χ1n) is 11.9. The lowest BCUT2D eigenvalue weighted by atomic mass is 9.90. The molecule has 1 saturated heterocycles. The Morgan fingerprint density at radius 1 is 0.853 bits per heavy atom. The maximum atomic E-state index is 12.9. The van der Waals surface area contributed by atoms with Crippen molar-refractivity contribution in [2.75, 3.05) is 18.4 Å². The third-order valence-electron chi connectivity index (χ3n) is 6.56. The van der Waals surface area contributed by atoms with Gasteiger partial charge in [-0.2, -0.15) is 4.31 Å². The Balaban J connectivity index is 1.27. The van der Waals surface area contributed by atoms with Crippen LogP contribution in [0.3, 0.4) is 0 Å². The molecule has 0 unspecified atom stereocenters. The number of sulfonamides is 1. The van der Waals surface area contributed by atoms with Gasteiger partial charge in [0.1, 0.15) is 0 Å². The van der Waals surface area contributed by atoms with Crippen LogP contribution >= 0.6 is 0 Å². The van der Waals surface area contributed by atoms with Crippen LogP contribution in [0.5, 0.6) is 0 Å². The van der Waals surface area contributed by atoms with Crippen molar-refractivity contribution in [3.05, 3.63) is 59.2 Å². The Labute approximate surface area is 199 Å². The number of carbonyl (C=O) groups is 1. The van der Waals surface area contributed by atoms with E-state index in [1.807, 2.05) is 6.07 Å². The number of anilines is 1. The van der Waals surface area contributed by atoms with Gasteiger partial charge in [-0.15, -0.1) is 5.10 Å². The molecule has 0 atom stereocenters. The number of aromatic nitrogens is 2. The smallest absolute Gasteiger partial charge is 0.322 e. The summed E-state index contributed by atoms with van der Waals surface area (Å²) in [4.78, 5) is 12.9. The highest BCUT2D eigenvalue weighted by atomic mass is 32.2. The molecule has 9 heteroatoms. The van der Waals surface area contributed by atoms with E-state index >= 15 is 0 Å². The van der Waals surface area contributed by atoms with E-state index in [2.05, 4.69) is 27.6 Å². The van der Waals surface area contributed by atoms with Crippen LogP contribution < -0.4 is 5.32 Å². The number of rotatable bonds is 5. The zero-order valence-electron chi connectivity index (χ0n) is 19.0. The molecule has 0 bridgehead atoms. The number of amides is 1. The maximum Gasteiger partial charge on any atom is 0.322 e. The molecule has 2 heterocycles. The molecule has 8 nitrogen and oxygen atoms in total. The van der Waals surface area contributed by atoms with Crippen LogP contribution in [0.25, 0.3) is 11.5 Å². The molecule has 1 aliphatic heterocycles. The van der Waals surface area contributed by atoms with Crippen molar-refractivity contribution >= 4 is 21.9 Å². The second kappa shape index (κ2) is 9.68. The average Bonchev–Trinajstić information content (AvgIpc) is 3.14. The standard InChI is InChI=1S/C25H28N4O4S/c30-23(19-11-13-22(14-12-19)34(31,32)29-15-5-1-2-6-16-29)26-25-28-27-24(33-25)21-10-9-18-7-3-4-8-20(18)17-21/h9-14,17H,1-8,15-16H2,(H,26,28,30). The van der Waals surface area contributed by atoms with Crippen molar-refractivity contribution in [1.82, 2.24) is 14.5 Å². The largest absolute Gasteiger partial charge is 0.403 e. The highest BCUT2D eigenvalue weighted by molar-refractivity contribution is 7.89. The number of nitrogens with one attached hydrogen (secondary N) is 1. The number of benzene rings is 2.